The average Bonchev–Trinajstić information content (AvgIpc) is 3.11. The van der Waals surface area contributed by atoms with Crippen molar-refractivity contribution in [2.75, 3.05) is 6.61 Å². The molecule has 2 aromatic rings. The van der Waals surface area contributed by atoms with Gasteiger partial charge in [-0.2, -0.15) is 0 Å². The molecule has 1 aromatic carbocycles. The van der Waals surface area contributed by atoms with Crippen molar-refractivity contribution in [3.63, 3.8) is 0 Å². The molecule has 2 heteroatoms. The van der Waals surface area contributed by atoms with Crippen LogP contribution in [0.2, 0.25) is 0 Å². The second kappa shape index (κ2) is 11.7. The normalized spacial score (nSPS) is 11.6. The van der Waals surface area contributed by atoms with Crippen LogP contribution in [0.5, 0.6) is 5.75 Å². The van der Waals surface area contributed by atoms with Gasteiger partial charge in [-0.15, -0.1) is 11.3 Å². The van der Waals surface area contributed by atoms with E-state index in [0.717, 1.165) is 5.75 Å². The summed E-state index contributed by atoms with van der Waals surface area (Å²) in [6.07, 6.45) is 16.0. The number of hydrogen-bond acceptors (Lipinski definition) is 2. The molecule has 0 spiro atoms. The molecule has 1 aromatic heterocycles. The average molecular weight is 355 g/mol. The highest BCUT2D eigenvalue weighted by Gasteiger charge is 2.03. The largest absolute Gasteiger partial charge is 0.490 e. The first-order valence-electron chi connectivity index (χ1n) is 9.43. The Labute approximate surface area is 157 Å². The number of allylic oxidation sites excluding steroid dienone is 3. The molecule has 0 amide bonds. The van der Waals surface area contributed by atoms with E-state index in [0.29, 0.717) is 6.61 Å². The minimum Gasteiger partial charge on any atom is -0.490 e. The van der Waals surface area contributed by atoms with Crippen molar-refractivity contribution in [2.45, 2.75) is 52.4 Å². The molecule has 0 bridgehead atoms. The van der Waals surface area contributed by atoms with E-state index in [1.165, 1.54) is 53.8 Å². The maximum absolute atomic E-state index is 5.72. The highest BCUT2D eigenvalue weighted by Crippen LogP contribution is 2.30. The highest BCUT2D eigenvalue weighted by molar-refractivity contribution is 7.15. The standard InChI is InChI=1S/C23H30OS/c1-3-5-7-9-10-12-22-17-18-23(25-22)20-13-15-21(16-14-20)24-19-11-8-6-4-2/h4,6,8,11,13-18H,3,5,7,9-10,12,19H2,1-2H3/b6-4+,11-8+. The number of unbranched alkanes of at least 4 members (excludes halogenated alkanes) is 4. The Bertz CT molecular complexity index is 649. The number of rotatable bonds is 11. The molecule has 0 aliphatic rings. The lowest BCUT2D eigenvalue weighted by atomic mass is 10.1. The van der Waals surface area contributed by atoms with Crippen LogP contribution in [0.15, 0.2) is 60.7 Å². The molecule has 0 aliphatic carbocycles. The van der Waals surface area contributed by atoms with Crippen molar-refractivity contribution < 1.29 is 4.74 Å². The molecular weight excluding hydrogens is 324 g/mol. The first-order valence-corrected chi connectivity index (χ1v) is 10.2. The maximum atomic E-state index is 5.72. The number of benzene rings is 1. The smallest absolute Gasteiger partial charge is 0.119 e. The number of thiophene rings is 1. The second-order valence-corrected chi connectivity index (χ2v) is 7.39. The second-order valence-electron chi connectivity index (χ2n) is 6.22. The van der Waals surface area contributed by atoms with E-state index >= 15 is 0 Å². The van der Waals surface area contributed by atoms with Gasteiger partial charge < -0.3 is 4.74 Å². The Morgan fingerprint density at radius 3 is 2.48 bits per heavy atom. The van der Waals surface area contributed by atoms with Crippen LogP contribution >= 0.6 is 11.3 Å². The summed E-state index contributed by atoms with van der Waals surface area (Å²) >= 11 is 1.92. The van der Waals surface area contributed by atoms with E-state index < -0.39 is 0 Å². The van der Waals surface area contributed by atoms with Gasteiger partial charge in [-0.1, -0.05) is 50.8 Å². The van der Waals surface area contributed by atoms with Crippen LogP contribution < -0.4 is 4.74 Å². The third-order valence-electron chi connectivity index (χ3n) is 4.11. The summed E-state index contributed by atoms with van der Waals surface area (Å²) in [6.45, 7) is 4.87. The van der Waals surface area contributed by atoms with Gasteiger partial charge in [0.2, 0.25) is 0 Å². The zero-order chi connectivity index (χ0) is 17.7. The molecule has 2 rings (SSSR count). The van der Waals surface area contributed by atoms with Gasteiger partial charge in [0.1, 0.15) is 12.4 Å². The van der Waals surface area contributed by atoms with Gasteiger partial charge in [0.05, 0.1) is 0 Å². The van der Waals surface area contributed by atoms with Gasteiger partial charge in [0, 0.05) is 9.75 Å². The van der Waals surface area contributed by atoms with Gasteiger partial charge in [-0.3, -0.25) is 0 Å². The number of aryl methyl sites for hydroxylation is 1. The molecular formula is C23H30OS. The van der Waals surface area contributed by atoms with Crippen LogP contribution in [0.1, 0.15) is 50.8 Å². The molecule has 25 heavy (non-hydrogen) atoms. The van der Waals surface area contributed by atoms with Crippen molar-refractivity contribution in [2.24, 2.45) is 0 Å². The van der Waals surface area contributed by atoms with Gasteiger partial charge in [0.25, 0.3) is 0 Å². The monoisotopic (exact) mass is 354 g/mol. The molecule has 1 nitrogen and oxygen atoms in total. The predicted octanol–water partition coefficient (Wildman–Crippen LogP) is 7.44. The fourth-order valence-electron chi connectivity index (χ4n) is 2.68. The summed E-state index contributed by atoms with van der Waals surface area (Å²) in [6, 6.07) is 13.0. The molecule has 0 unspecified atom stereocenters. The van der Waals surface area contributed by atoms with Crippen molar-refractivity contribution in [1.29, 1.82) is 0 Å². The van der Waals surface area contributed by atoms with Gasteiger partial charge in [-0.05, 0) is 67.8 Å². The fourth-order valence-corrected chi connectivity index (χ4v) is 3.73. The number of ether oxygens (including phenoxy) is 1. The van der Waals surface area contributed by atoms with Crippen LogP contribution in [0.3, 0.4) is 0 Å². The first-order chi connectivity index (χ1) is 12.3. The van der Waals surface area contributed by atoms with Crippen LogP contribution in [0.4, 0.5) is 0 Å². The van der Waals surface area contributed by atoms with E-state index in [1.54, 1.807) is 0 Å². The predicted molar refractivity (Wildman–Crippen MR) is 112 cm³/mol. The van der Waals surface area contributed by atoms with Crippen molar-refractivity contribution in [3.8, 4) is 16.2 Å². The maximum Gasteiger partial charge on any atom is 0.119 e. The Morgan fingerprint density at radius 2 is 1.72 bits per heavy atom. The summed E-state index contributed by atoms with van der Waals surface area (Å²) in [4.78, 5) is 2.85. The third kappa shape index (κ3) is 7.31. The highest BCUT2D eigenvalue weighted by atomic mass is 32.1. The van der Waals surface area contributed by atoms with Gasteiger partial charge in [0.15, 0.2) is 0 Å². The lowest BCUT2D eigenvalue weighted by Gasteiger charge is -2.04. The molecule has 0 saturated carbocycles. The molecule has 1 heterocycles. The topological polar surface area (TPSA) is 9.23 Å². The fraction of sp³-hybridized carbons (Fsp3) is 0.391. The van der Waals surface area contributed by atoms with Crippen LogP contribution in [-0.4, -0.2) is 6.61 Å². The van der Waals surface area contributed by atoms with Crippen LogP contribution in [0.25, 0.3) is 10.4 Å². The zero-order valence-electron chi connectivity index (χ0n) is 15.5. The van der Waals surface area contributed by atoms with Crippen molar-refractivity contribution in [1.82, 2.24) is 0 Å². The van der Waals surface area contributed by atoms with E-state index in [1.807, 2.05) is 42.6 Å². The molecule has 0 saturated heterocycles. The third-order valence-corrected chi connectivity index (χ3v) is 5.31. The Balaban J connectivity index is 1.81. The molecule has 0 N–H and O–H groups in total. The van der Waals surface area contributed by atoms with Crippen molar-refractivity contribution >= 4 is 11.3 Å². The molecule has 134 valence electrons. The van der Waals surface area contributed by atoms with Gasteiger partial charge >= 0.3 is 0 Å². The number of hydrogen-bond donors (Lipinski definition) is 0. The summed E-state index contributed by atoms with van der Waals surface area (Å²) in [5.41, 5.74) is 1.28. The summed E-state index contributed by atoms with van der Waals surface area (Å²) < 4.78 is 5.72. The molecule has 0 radical (unpaired) electrons. The summed E-state index contributed by atoms with van der Waals surface area (Å²) in [5.74, 6) is 0.918. The van der Waals surface area contributed by atoms with Crippen molar-refractivity contribution in [3.05, 3.63) is 65.6 Å². The SMILES string of the molecule is C/C=C/C=C/COc1ccc(-c2ccc(CCCCCCC)s2)cc1. The van der Waals surface area contributed by atoms with E-state index in [4.69, 9.17) is 4.74 Å². The summed E-state index contributed by atoms with van der Waals surface area (Å²) in [5, 5.41) is 0. The molecule has 0 aliphatic heterocycles. The van der Waals surface area contributed by atoms with Crippen LogP contribution in [0, 0.1) is 0 Å². The van der Waals surface area contributed by atoms with Crippen LogP contribution in [-0.2, 0) is 6.42 Å². The van der Waals surface area contributed by atoms with E-state index in [2.05, 4.69) is 43.3 Å². The molecule has 0 atom stereocenters. The lowest BCUT2D eigenvalue weighted by molar-refractivity contribution is 0.363. The Kier molecular flexibility index (Phi) is 9.14. The lowest BCUT2D eigenvalue weighted by Crippen LogP contribution is -1.92. The van der Waals surface area contributed by atoms with E-state index in [9.17, 15) is 0 Å². The van der Waals surface area contributed by atoms with Gasteiger partial charge in [-0.25, -0.2) is 0 Å². The minimum atomic E-state index is 0.602. The Hall–Kier alpha value is -1.80. The quantitative estimate of drug-likeness (QED) is 0.301. The first kappa shape index (κ1) is 19.5. The Morgan fingerprint density at radius 1 is 0.920 bits per heavy atom. The summed E-state index contributed by atoms with van der Waals surface area (Å²) in [7, 11) is 0. The minimum absolute atomic E-state index is 0.602. The zero-order valence-corrected chi connectivity index (χ0v) is 16.4. The molecule has 0 fully saturated rings. The van der Waals surface area contributed by atoms with E-state index in [-0.39, 0.29) is 0 Å².